The zero-order valence-corrected chi connectivity index (χ0v) is 13.1. The Bertz CT molecular complexity index is 556. The molecule has 0 saturated heterocycles. The number of allylic oxidation sites excluding steroid dienone is 1. The molecular formula is C19H25NO. The van der Waals surface area contributed by atoms with E-state index in [1.807, 2.05) is 6.92 Å². The summed E-state index contributed by atoms with van der Waals surface area (Å²) in [7, 11) is 0. The van der Waals surface area contributed by atoms with Gasteiger partial charge in [-0.3, -0.25) is 4.79 Å². The van der Waals surface area contributed by atoms with Gasteiger partial charge in [0.25, 0.3) is 0 Å². The van der Waals surface area contributed by atoms with Crippen LogP contribution in [0.4, 0.5) is 0 Å². The lowest BCUT2D eigenvalue weighted by Gasteiger charge is -2.36. The van der Waals surface area contributed by atoms with E-state index in [9.17, 15) is 4.79 Å². The molecule has 1 saturated carbocycles. The predicted octanol–water partition coefficient (Wildman–Crippen LogP) is 4.41. The Balaban J connectivity index is 1.92. The van der Waals surface area contributed by atoms with Gasteiger partial charge in [-0.2, -0.15) is 0 Å². The highest BCUT2D eigenvalue weighted by Crippen LogP contribution is 2.41. The lowest BCUT2D eigenvalue weighted by molar-refractivity contribution is -0.130. The van der Waals surface area contributed by atoms with Gasteiger partial charge < -0.3 is 4.90 Å². The van der Waals surface area contributed by atoms with Crippen molar-refractivity contribution in [2.45, 2.75) is 64.5 Å². The molecule has 2 heteroatoms. The second kappa shape index (κ2) is 6.05. The van der Waals surface area contributed by atoms with Crippen molar-refractivity contribution in [1.82, 2.24) is 4.90 Å². The molecule has 0 spiro atoms. The highest BCUT2D eigenvalue weighted by molar-refractivity contribution is 5.93. The molecule has 0 N–H and O–H groups in total. The van der Waals surface area contributed by atoms with Gasteiger partial charge in [-0.25, -0.2) is 0 Å². The molecule has 21 heavy (non-hydrogen) atoms. The van der Waals surface area contributed by atoms with Crippen LogP contribution in [0.25, 0.3) is 0 Å². The summed E-state index contributed by atoms with van der Waals surface area (Å²) in [6.45, 7) is 4.06. The van der Waals surface area contributed by atoms with Crippen LogP contribution in [0.2, 0.25) is 0 Å². The molecule has 1 fully saturated rings. The van der Waals surface area contributed by atoms with Crippen molar-refractivity contribution >= 4 is 5.91 Å². The van der Waals surface area contributed by atoms with Crippen molar-refractivity contribution < 1.29 is 4.79 Å². The van der Waals surface area contributed by atoms with E-state index in [-0.39, 0.29) is 11.9 Å². The minimum Gasteiger partial charge on any atom is -0.329 e. The molecule has 2 nitrogen and oxygen atoms in total. The van der Waals surface area contributed by atoms with Gasteiger partial charge >= 0.3 is 0 Å². The molecule has 0 bridgehead atoms. The molecule has 1 amide bonds. The second-order valence-corrected chi connectivity index (χ2v) is 6.35. The SMILES string of the molecule is CC/C=C(/C)C(=O)N(C1CC1)C1CCCc2ccccc21. The maximum Gasteiger partial charge on any atom is 0.249 e. The number of aryl methyl sites for hydroxylation is 1. The maximum absolute atomic E-state index is 12.9. The minimum absolute atomic E-state index is 0.251. The lowest BCUT2D eigenvalue weighted by Crippen LogP contribution is -2.38. The van der Waals surface area contributed by atoms with Crippen LogP contribution in [0.5, 0.6) is 0 Å². The fourth-order valence-electron chi connectivity index (χ4n) is 3.53. The van der Waals surface area contributed by atoms with Gasteiger partial charge in [0.2, 0.25) is 5.91 Å². The largest absolute Gasteiger partial charge is 0.329 e. The number of carbonyl (C=O) groups excluding carboxylic acids is 1. The van der Waals surface area contributed by atoms with Crippen molar-refractivity contribution in [1.29, 1.82) is 0 Å². The second-order valence-electron chi connectivity index (χ2n) is 6.35. The third-order valence-corrected chi connectivity index (χ3v) is 4.70. The van der Waals surface area contributed by atoms with Crippen molar-refractivity contribution in [2.24, 2.45) is 0 Å². The molecule has 1 unspecified atom stereocenters. The molecule has 0 radical (unpaired) electrons. The number of carbonyl (C=O) groups is 1. The molecule has 0 aliphatic heterocycles. The van der Waals surface area contributed by atoms with Crippen molar-refractivity contribution in [3.8, 4) is 0 Å². The Kier molecular flexibility index (Phi) is 4.14. The monoisotopic (exact) mass is 283 g/mol. The van der Waals surface area contributed by atoms with Crippen LogP contribution in [-0.2, 0) is 11.2 Å². The van der Waals surface area contributed by atoms with Crippen molar-refractivity contribution in [3.63, 3.8) is 0 Å². The number of amides is 1. The highest BCUT2D eigenvalue weighted by Gasteiger charge is 2.39. The summed E-state index contributed by atoms with van der Waals surface area (Å²) in [6.07, 6.45) is 8.79. The summed E-state index contributed by atoms with van der Waals surface area (Å²) in [5, 5.41) is 0. The van der Waals surface area contributed by atoms with Gasteiger partial charge in [0, 0.05) is 11.6 Å². The van der Waals surface area contributed by atoms with Crippen LogP contribution in [-0.4, -0.2) is 16.8 Å². The molecule has 0 heterocycles. The number of nitrogens with zero attached hydrogens (tertiary/aromatic N) is 1. The van der Waals surface area contributed by atoms with E-state index in [2.05, 4.69) is 42.2 Å². The fraction of sp³-hybridized carbons (Fsp3) is 0.526. The molecule has 1 atom stereocenters. The van der Waals surface area contributed by atoms with Gasteiger partial charge in [0.05, 0.1) is 6.04 Å². The van der Waals surface area contributed by atoms with Crippen molar-refractivity contribution in [2.75, 3.05) is 0 Å². The maximum atomic E-state index is 12.9. The molecular weight excluding hydrogens is 258 g/mol. The number of fused-ring (bicyclic) bond motifs is 1. The third-order valence-electron chi connectivity index (χ3n) is 4.70. The quantitative estimate of drug-likeness (QED) is 0.749. The first-order valence-electron chi connectivity index (χ1n) is 8.29. The third kappa shape index (κ3) is 2.90. The van der Waals surface area contributed by atoms with Crippen LogP contribution in [0, 0.1) is 0 Å². The first-order valence-corrected chi connectivity index (χ1v) is 8.29. The normalized spacial score (nSPS) is 21.8. The number of hydrogen-bond acceptors (Lipinski definition) is 1. The standard InChI is InChI=1S/C19H25NO/c1-3-7-14(2)19(21)20(16-12-13-16)18-11-6-9-15-8-4-5-10-17(15)18/h4-5,7-8,10,16,18H,3,6,9,11-13H2,1-2H3/b14-7-. The Morgan fingerprint density at radius 2 is 2.05 bits per heavy atom. The average Bonchev–Trinajstić information content (AvgIpc) is 3.33. The molecule has 112 valence electrons. The van der Waals surface area contributed by atoms with Crippen LogP contribution in [0.1, 0.15) is 63.1 Å². The van der Waals surface area contributed by atoms with E-state index in [1.54, 1.807) is 0 Å². The van der Waals surface area contributed by atoms with E-state index < -0.39 is 0 Å². The van der Waals surface area contributed by atoms with Gasteiger partial charge in [0.15, 0.2) is 0 Å². The Morgan fingerprint density at radius 3 is 2.76 bits per heavy atom. The average molecular weight is 283 g/mol. The summed E-state index contributed by atoms with van der Waals surface area (Å²) in [4.78, 5) is 15.1. The van der Waals surface area contributed by atoms with Gasteiger partial charge in [-0.15, -0.1) is 0 Å². The highest BCUT2D eigenvalue weighted by atomic mass is 16.2. The van der Waals surface area contributed by atoms with E-state index >= 15 is 0 Å². The number of rotatable bonds is 4. The Morgan fingerprint density at radius 1 is 1.29 bits per heavy atom. The van der Waals surface area contributed by atoms with Gasteiger partial charge in [0.1, 0.15) is 0 Å². The van der Waals surface area contributed by atoms with Crippen LogP contribution in [0.15, 0.2) is 35.9 Å². The molecule has 2 aliphatic rings. The topological polar surface area (TPSA) is 20.3 Å². The molecule has 3 rings (SSSR count). The molecule has 2 aliphatic carbocycles. The molecule has 0 aromatic heterocycles. The zero-order valence-electron chi connectivity index (χ0n) is 13.1. The van der Waals surface area contributed by atoms with Crippen LogP contribution in [0.3, 0.4) is 0 Å². The first kappa shape index (κ1) is 14.4. The summed E-state index contributed by atoms with van der Waals surface area (Å²) in [6, 6.07) is 9.43. The predicted molar refractivity (Wildman–Crippen MR) is 86.0 cm³/mol. The minimum atomic E-state index is 0.251. The fourth-order valence-corrected chi connectivity index (χ4v) is 3.53. The Labute approximate surface area is 127 Å². The molecule has 1 aromatic rings. The number of benzene rings is 1. The Hall–Kier alpha value is -1.57. The van der Waals surface area contributed by atoms with E-state index in [0.29, 0.717) is 6.04 Å². The summed E-state index contributed by atoms with van der Waals surface area (Å²) >= 11 is 0. The van der Waals surface area contributed by atoms with E-state index in [1.165, 1.54) is 30.4 Å². The lowest BCUT2D eigenvalue weighted by atomic mass is 9.86. The van der Waals surface area contributed by atoms with Crippen molar-refractivity contribution in [3.05, 3.63) is 47.0 Å². The van der Waals surface area contributed by atoms with E-state index in [0.717, 1.165) is 24.8 Å². The summed E-state index contributed by atoms with van der Waals surface area (Å²) < 4.78 is 0. The summed E-state index contributed by atoms with van der Waals surface area (Å²) in [5.41, 5.74) is 3.73. The van der Waals surface area contributed by atoms with Crippen LogP contribution >= 0.6 is 0 Å². The zero-order chi connectivity index (χ0) is 14.8. The molecule has 1 aromatic carbocycles. The first-order chi connectivity index (χ1) is 10.2. The van der Waals surface area contributed by atoms with E-state index in [4.69, 9.17) is 0 Å². The smallest absolute Gasteiger partial charge is 0.249 e. The van der Waals surface area contributed by atoms with Crippen LogP contribution < -0.4 is 0 Å². The summed E-state index contributed by atoms with van der Waals surface area (Å²) in [5.74, 6) is 0.251. The van der Waals surface area contributed by atoms with Gasteiger partial charge in [-0.1, -0.05) is 37.3 Å². The number of hydrogen-bond donors (Lipinski definition) is 0. The van der Waals surface area contributed by atoms with Gasteiger partial charge in [-0.05, 0) is 56.6 Å².